The molecule has 0 saturated heterocycles. The minimum atomic E-state index is -4.51. The van der Waals surface area contributed by atoms with Crippen LogP contribution in [-0.4, -0.2) is 44.7 Å². The summed E-state index contributed by atoms with van der Waals surface area (Å²) >= 11 is 5.86. The normalized spacial score (nSPS) is 13.3. The molecule has 2 aromatic carbocycles. The molecule has 9 heteroatoms. The standard InChI is InChI=1S/C24H24ClF3N2O3/c1-30(15-16-3-4-16)11-12-33-21-9-8-19(14-22(21)32-2)29-23(31)10-6-17-5-7-18(13-20(17)25)24(26,27)28/h5,7-9,13-14,16H,3-4,11-12,15H2,1-2H3,(H,29,31). The summed E-state index contributed by atoms with van der Waals surface area (Å²) in [6.45, 7) is 2.37. The van der Waals surface area contributed by atoms with Gasteiger partial charge in [0.25, 0.3) is 0 Å². The number of methoxy groups -OCH3 is 1. The number of anilines is 1. The van der Waals surface area contributed by atoms with Crippen molar-refractivity contribution in [3.8, 4) is 23.3 Å². The number of rotatable bonds is 8. The zero-order valence-electron chi connectivity index (χ0n) is 18.3. The summed E-state index contributed by atoms with van der Waals surface area (Å²) in [5.41, 5.74) is -0.331. The van der Waals surface area contributed by atoms with Crippen LogP contribution in [0.3, 0.4) is 0 Å². The maximum absolute atomic E-state index is 12.7. The summed E-state index contributed by atoms with van der Waals surface area (Å²) in [6.07, 6.45) is -1.91. The third kappa shape index (κ3) is 7.58. The second kappa shape index (κ2) is 10.8. The Morgan fingerprint density at radius 3 is 2.61 bits per heavy atom. The molecule has 2 aromatic rings. The molecule has 0 aliphatic heterocycles. The molecule has 0 spiro atoms. The summed E-state index contributed by atoms with van der Waals surface area (Å²) in [6, 6.07) is 7.71. The average Bonchev–Trinajstić information content (AvgIpc) is 3.56. The van der Waals surface area contributed by atoms with Gasteiger partial charge < -0.3 is 19.7 Å². The third-order valence-electron chi connectivity index (χ3n) is 5.03. The first-order valence-corrected chi connectivity index (χ1v) is 10.7. The van der Waals surface area contributed by atoms with Gasteiger partial charge in [-0.05, 0) is 56.1 Å². The highest BCUT2D eigenvalue weighted by molar-refractivity contribution is 6.31. The Morgan fingerprint density at radius 1 is 1.21 bits per heavy atom. The molecule has 1 fully saturated rings. The van der Waals surface area contributed by atoms with Crippen LogP contribution in [0.5, 0.6) is 11.5 Å². The lowest BCUT2D eigenvalue weighted by molar-refractivity contribution is -0.137. The van der Waals surface area contributed by atoms with Gasteiger partial charge in [0.2, 0.25) is 0 Å². The molecule has 0 bridgehead atoms. The van der Waals surface area contributed by atoms with Crippen LogP contribution in [-0.2, 0) is 11.0 Å². The maximum Gasteiger partial charge on any atom is 0.416 e. The Labute approximate surface area is 195 Å². The summed E-state index contributed by atoms with van der Waals surface area (Å²) in [5, 5.41) is 2.41. The number of hydrogen-bond acceptors (Lipinski definition) is 4. The fraction of sp³-hybridized carbons (Fsp3) is 0.375. The van der Waals surface area contributed by atoms with Gasteiger partial charge in [-0.25, -0.2) is 0 Å². The first kappa shape index (κ1) is 24.7. The van der Waals surface area contributed by atoms with Crippen LogP contribution < -0.4 is 14.8 Å². The molecule has 1 amide bonds. The summed E-state index contributed by atoms with van der Waals surface area (Å²) in [7, 11) is 3.57. The van der Waals surface area contributed by atoms with Gasteiger partial charge in [0.05, 0.1) is 17.7 Å². The fourth-order valence-electron chi connectivity index (χ4n) is 3.09. The number of nitrogens with one attached hydrogen (secondary N) is 1. The molecule has 0 unspecified atom stereocenters. The van der Waals surface area contributed by atoms with E-state index in [0.29, 0.717) is 23.8 Å². The van der Waals surface area contributed by atoms with E-state index in [0.717, 1.165) is 37.2 Å². The van der Waals surface area contributed by atoms with Crippen LogP contribution in [0.25, 0.3) is 0 Å². The van der Waals surface area contributed by atoms with Crippen molar-refractivity contribution in [2.24, 2.45) is 5.92 Å². The molecule has 1 aliphatic rings. The molecule has 1 N–H and O–H groups in total. The van der Waals surface area contributed by atoms with Crippen molar-refractivity contribution in [3.05, 3.63) is 52.5 Å². The number of amides is 1. The van der Waals surface area contributed by atoms with Crippen molar-refractivity contribution in [2.45, 2.75) is 19.0 Å². The van der Waals surface area contributed by atoms with E-state index in [9.17, 15) is 18.0 Å². The molecule has 3 rings (SSSR count). The van der Waals surface area contributed by atoms with E-state index in [4.69, 9.17) is 21.1 Å². The number of likely N-dealkylation sites (N-methyl/N-ethyl adjacent to an activating group) is 1. The highest BCUT2D eigenvalue weighted by Gasteiger charge is 2.30. The molecular weight excluding hydrogens is 457 g/mol. The first-order chi connectivity index (χ1) is 15.7. The van der Waals surface area contributed by atoms with Gasteiger partial charge in [-0.15, -0.1) is 0 Å². The molecule has 33 heavy (non-hydrogen) atoms. The molecule has 1 saturated carbocycles. The van der Waals surface area contributed by atoms with E-state index in [1.807, 2.05) is 0 Å². The number of carbonyl (C=O) groups is 1. The molecule has 0 atom stereocenters. The Hall–Kier alpha value is -2.89. The predicted molar refractivity (Wildman–Crippen MR) is 121 cm³/mol. The Kier molecular flexibility index (Phi) is 8.11. The van der Waals surface area contributed by atoms with Gasteiger partial charge in [0.1, 0.15) is 6.61 Å². The van der Waals surface area contributed by atoms with Crippen molar-refractivity contribution >= 4 is 23.2 Å². The average molecular weight is 481 g/mol. The summed E-state index contributed by atoms with van der Waals surface area (Å²) in [5.74, 6) is 5.98. The van der Waals surface area contributed by atoms with Crippen LogP contribution in [0.1, 0.15) is 24.0 Å². The van der Waals surface area contributed by atoms with E-state index in [2.05, 4.69) is 29.1 Å². The lowest BCUT2D eigenvalue weighted by atomic mass is 10.1. The van der Waals surface area contributed by atoms with E-state index in [-0.39, 0.29) is 10.6 Å². The highest BCUT2D eigenvalue weighted by Crippen LogP contribution is 2.32. The van der Waals surface area contributed by atoms with Crippen molar-refractivity contribution < 1.29 is 27.4 Å². The number of ether oxygens (including phenoxy) is 2. The molecule has 176 valence electrons. The molecule has 0 radical (unpaired) electrons. The van der Waals surface area contributed by atoms with Crippen molar-refractivity contribution in [1.82, 2.24) is 4.90 Å². The van der Waals surface area contributed by atoms with Crippen LogP contribution in [0.2, 0.25) is 5.02 Å². The monoisotopic (exact) mass is 480 g/mol. The first-order valence-electron chi connectivity index (χ1n) is 10.3. The van der Waals surface area contributed by atoms with E-state index in [1.54, 1.807) is 18.2 Å². The number of benzene rings is 2. The molecule has 1 aliphatic carbocycles. The van der Waals surface area contributed by atoms with E-state index >= 15 is 0 Å². The number of halogens is 4. The van der Waals surface area contributed by atoms with Gasteiger partial charge in [-0.1, -0.05) is 17.5 Å². The fourth-order valence-corrected chi connectivity index (χ4v) is 3.32. The van der Waals surface area contributed by atoms with Gasteiger partial charge in [0, 0.05) is 36.3 Å². The van der Waals surface area contributed by atoms with Crippen molar-refractivity contribution in [3.63, 3.8) is 0 Å². The number of carbonyl (C=O) groups excluding carboxylic acids is 1. The SMILES string of the molecule is COc1cc(NC(=O)C#Cc2ccc(C(F)(F)F)cc2Cl)ccc1OCCN(C)CC1CC1. The van der Waals surface area contributed by atoms with Gasteiger partial charge in [-0.3, -0.25) is 4.79 Å². The minimum Gasteiger partial charge on any atom is -0.493 e. The largest absolute Gasteiger partial charge is 0.493 e. The van der Waals surface area contributed by atoms with Crippen LogP contribution in [0, 0.1) is 17.8 Å². The van der Waals surface area contributed by atoms with Gasteiger partial charge >= 0.3 is 12.1 Å². The molecule has 5 nitrogen and oxygen atoms in total. The Balaban J connectivity index is 1.57. The second-order valence-corrected chi connectivity index (χ2v) is 8.22. The Bertz CT molecular complexity index is 1060. The minimum absolute atomic E-state index is 0.118. The molecule has 0 heterocycles. The van der Waals surface area contributed by atoms with Gasteiger partial charge in [0.15, 0.2) is 11.5 Å². The maximum atomic E-state index is 12.7. The highest BCUT2D eigenvalue weighted by atomic mass is 35.5. The zero-order chi connectivity index (χ0) is 24.0. The predicted octanol–water partition coefficient (Wildman–Crippen LogP) is 5.08. The second-order valence-electron chi connectivity index (χ2n) is 7.82. The number of hydrogen-bond donors (Lipinski definition) is 1. The topological polar surface area (TPSA) is 50.8 Å². The number of alkyl halides is 3. The third-order valence-corrected chi connectivity index (χ3v) is 5.34. The quantitative estimate of drug-likeness (QED) is 0.535. The van der Waals surface area contributed by atoms with Crippen molar-refractivity contribution in [1.29, 1.82) is 0 Å². The van der Waals surface area contributed by atoms with E-state index < -0.39 is 17.6 Å². The number of nitrogens with zero attached hydrogens (tertiary/aromatic N) is 1. The Morgan fingerprint density at radius 2 is 1.97 bits per heavy atom. The van der Waals surface area contributed by atoms with Gasteiger partial charge in [-0.2, -0.15) is 13.2 Å². The van der Waals surface area contributed by atoms with Crippen molar-refractivity contribution in [2.75, 3.05) is 39.2 Å². The van der Waals surface area contributed by atoms with Crippen LogP contribution in [0.4, 0.5) is 18.9 Å². The van der Waals surface area contributed by atoms with Crippen LogP contribution >= 0.6 is 11.6 Å². The summed E-state index contributed by atoms with van der Waals surface area (Å²) in [4.78, 5) is 14.4. The molecular formula is C24H24ClF3N2O3. The van der Waals surface area contributed by atoms with Crippen LogP contribution in [0.15, 0.2) is 36.4 Å². The zero-order valence-corrected chi connectivity index (χ0v) is 19.0. The molecule has 0 aromatic heterocycles. The lowest BCUT2D eigenvalue weighted by Gasteiger charge is -2.17. The van der Waals surface area contributed by atoms with E-state index in [1.165, 1.54) is 20.0 Å². The lowest BCUT2D eigenvalue weighted by Crippen LogP contribution is -2.26. The smallest absolute Gasteiger partial charge is 0.416 e. The summed E-state index contributed by atoms with van der Waals surface area (Å²) < 4.78 is 49.3.